The minimum absolute atomic E-state index is 0.0000175. The third kappa shape index (κ3) is 5.74. The summed E-state index contributed by atoms with van der Waals surface area (Å²) < 4.78 is 31.5. The number of benzene rings is 3. The molecule has 1 aliphatic heterocycles. The van der Waals surface area contributed by atoms with Crippen LogP contribution in [0, 0.1) is 41.2 Å². The van der Waals surface area contributed by atoms with E-state index in [9.17, 15) is 20.0 Å². The first-order valence-corrected chi connectivity index (χ1v) is 13.7. The smallest absolute Gasteiger partial charge is 0.335 e. The van der Waals surface area contributed by atoms with E-state index in [0.717, 1.165) is 6.07 Å². The number of urea groups is 1. The van der Waals surface area contributed by atoms with Crippen LogP contribution in [0.5, 0.6) is 0 Å². The summed E-state index contributed by atoms with van der Waals surface area (Å²) in [6, 6.07) is 13.0. The van der Waals surface area contributed by atoms with Crippen molar-refractivity contribution in [1.82, 2.24) is 4.90 Å². The van der Waals surface area contributed by atoms with E-state index >= 15 is 8.78 Å². The number of carbonyl (C=O) groups excluding carboxylic acids is 1. The lowest BCUT2D eigenvalue weighted by Gasteiger charge is -2.38. The number of halogens is 4. The highest BCUT2D eigenvalue weighted by Gasteiger charge is 2.60. The Kier molecular flexibility index (Phi) is 8.35. The molecule has 4 rings (SSSR count). The molecule has 0 saturated carbocycles. The second-order valence-corrected chi connectivity index (χ2v) is 12.4. The molecule has 3 aromatic rings. The molecule has 2 amide bonds. The van der Waals surface area contributed by atoms with Crippen molar-refractivity contribution in [2.24, 2.45) is 11.3 Å². The molecule has 0 radical (unpaired) electrons. The van der Waals surface area contributed by atoms with Gasteiger partial charge in [-0.15, -0.1) is 0 Å². The third-order valence-corrected chi connectivity index (χ3v) is 8.00. The molecule has 2 N–H and O–H groups in total. The highest BCUT2D eigenvalue weighted by molar-refractivity contribution is 6.31. The van der Waals surface area contributed by atoms with E-state index in [0.29, 0.717) is 17.7 Å². The van der Waals surface area contributed by atoms with Gasteiger partial charge in [-0.2, -0.15) is 5.26 Å². The van der Waals surface area contributed by atoms with E-state index in [-0.39, 0.29) is 38.7 Å². The molecule has 0 unspecified atom stereocenters. The van der Waals surface area contributed by atoms with Gasteiger partial charge in [0.05, 0.1) is 22.7 Å². The number of anilines is 1. The van der Waals surface area contributed by atoms with Gasteiger partial charge in [-0.05, 0) is 60.7 Å². The number of nitrogens with zero attached hydrogens (tertiary/aromatic N) is 2. The maximum absolute atomic E-state index is 15.7. The van der Waals surface area contributed by atoms with Gasteiger partial charge in [-0.1, -0.05) is 62.2 Å². The second-order valence-electron chi connectivity index (χ2n) is 11.5. The van der Waals surface area contributed by atoms with Gasteiger partial charge in [-0.3, -0.25) is 0 Å². The second kappa shape index (κ2) is 11.3. The zero-order valence-electron chi connectivity index (χ0n) is 22.9. The van der Waals surface area contributed by atoms with Crippen LogP contribution < -0.4 is 5.32 Å². The number of carboxylic acid groups (broad SMARTS) is 1. The topological polar surface area (TPSA) is 93.4 Å². The predicted octanol–water partition coefficient (Wildman–Crippen LogP) is 8.38. The molecule has 1 aliphatic rings. The van der Waals surface area contributed by atoms with E-state index in [1.165, 1.54) is 53.4 Å². The van der Waals surface area contributed by atoms with Crippen LogP contribution in [0.4, 0.5) is 19.3 Å². The molecule has 1 saturated heterocycles. The molecule has 1 heterocycles. The molecule has 10 heteroatoms. The van der Waals surface area contributed by atoms with E-state index in [1.54, 1.807) is 6.92 Å². The number of likely N-dealkylation sites (tertiary alicyclic amines) is 1. The van der Waals surface area contributed by atoms with Crippen LogP contribution in [0.15, 0.2) is 54.6 Å². The molecule has 6 nitrogen and oxygen atoms in total. The van der Waals surface area contributed by atoms with Crippen LogP contribution in [0.25, 0.3) is 0 Å². The number of nitrogens with one attached hydrogen (secondary N) is 1. The van der Waals surface area contributed by atoms with Gasteiger partial charge >= 0.3 is 12.0 Å². The number of amides is 2. The number of aromatic carboxylic acids is 1. The lowest BCUT2D eigenvalue weighted by molar-refractivity contribution is 0.0696. The van der Waals surface area contributed by atoms with Crippen LogP contribution >= 0.6 is 23.2 Å². The minimum Gasteiger partial charge on any atom is -0.478 e. The summed E-state index contributed by atoms with van der Waals surface area (Å²) in [5.41, 5.74) is -1.28. The summed E-state index contributed by atoms with van der Waals surface area (Å²) in [6.07, 6.45) is 0.400. The monoisotopic (exact) mass is 599 g/mol. The number of hydrogen-bond acceptors (Lipinski definition) is 3. The zero-order chi connectivity index (χ0) is 30.3. The molecule has 1 fully saturated rings. The van der Waals surface area contributed by atoms with Crippen molar-refractivity contribution < 1.29 is 23.5 Å². The lowest BCUT2D eigenvalue weighted by atomic mass is 9.63. The fourth-order valence-corrected chi connectivity index (χ4v) is 6.19. The van der Waals surface area contributed by atoms with Crippen LogP contribution in [0.3, 0.4) is 0 Å². The summed E-state index contributed by atoms with van der Waals surface area (Å²) in [5, 5.41) is 23.0. The lowest BCUT2D eigenvalue weighted by Crippen LogP contribution is -2.42. The fourth-order valence-electron chi connectivity index (χ4n) is 5.85. The largest absolute Gasteiger partial charge is 0.478 e. The number of hydrogen-bond donors (Lipinski definition) is 2. The summed E-state index contributed by atoms with van der Waals surface area (Å²) >= 11 is 12.2. The summed E-state index contributed by atoms with van der Waals surface area (Å²) in [4.78, 5) is 26.7. The maximum atomic E-state index is 15.7. The Bertz CT molecular complexity index is 1570. The van der Waals surface area contributed by atoms with Gasteiger partial charge in [0.15, 0.2) is 0 Å². The SMILES string of the molecule is Cc1cc(NC(=O)N2C[C@@H](CC(C)(C)C)[C@](C#N)(c3ccc(Cl)cc3F)[C@H]2c2cccc(Cl)c2F)ccc1C(=O)O. The number of carbonyl (C=O) groups is 2. The number of aryl methyl sites for hydroxylation is 1. The van der Waals surface area contributed by atoms with Crippen molar-refractivity contribution in [1.29, 1.82) is 5.26 Å². The van der Waals surface area contributed by atoms with Crippen molar-refractivity contribution in [2.75, 3.05) is 11.9 Å². The Morgan fingerprint density at radius 2 is 1.85 bits per heavy atom. The van der Waals surface area contributed by atoms with E-state index in [4.69, 9.17) is 23.2 Å². The van der Waals surface area contributed by atoms with E-state index in [1.807, 2.05) is 20.8 Å². The van der Waals surface area contributed by atoms with Crippen molar-refractivity contribution in [3.05, 3.63) is 98.5 Å². The Morgan fingerprint density at radius 1 is 1.15 bits per heavy atom. The van der Waals surface area contributed by atoms with Gasteiger partial charge in [0.2, 0.25) is 0 Å². The standard InChI is InChI=1S/C31H29Cl2F2N3O3/c1-17-12-20(9-10-21(17)28(39)40)37-29(41)38-15-18(14-30(2,3)4)31(16-36,23-11-8-19(32)13-25(23)34)27(38)22-6-5-7-24(33)26(22)35/h5-13,18,27H,14-15H2,1-4H3,(H,37,41)(H,39,40)/t18-,27-,31-/m1/s1. The molecule has 0 bridgehead atoms. The van der Waals surface area contributed by atoms with Crippen molar-refractivity contribution in [3.8, 4) is 6.07 Å². The van der Waals surface area contributed by atoms with Crippen molar-refractivity contribution in [2.45, 2.75) is 45.6 Å². The van der Waals surface area contributed by atoms with Crippen molar-refractivity contribution in [3.63, 3.8) is 0 Å². The number of nitriles is 1. The summed E-state index contributed by atoms with van der Waals surface area (Å²) in [5.74, 6) is -3.28. The molecular formula is C31H29Cl2F2N3O3. The van der Waals surface area contributed by atoms with Gasteiger partial charge in [0.25, 0.3) is 0 Å². The van der Waals surface area contributed by atoms with Gasteiger partial charge in [0.1, 0.15) is 17.0 Å². The molecule has 3 atom stereocenters. The average Bonchev–Trinajstić information content (AvgIpc) is 3.18. The van der Waals surface area contributed by atoms with Crippen LogP contribution in [-0.2, 0) is 5.41 Å². The third-order valence-electron chi connectivity index (χ3n) is 7.47. The molecular weight excluding hydrogens is 571 g/mol. The summed E-state index contributed by atoms with van der Waals surface area (Å²) in [7, 11) is 0. The Balaban J connectivity index is 1.93. The Labute approximate surface area is 247 Å². The molecule has 3 aromatic carbocycles. The Morgan fingerprint density at radius 3 is 2.44 bits per heavy atom. The van der Waals surface area contributed by atoms with Crippen LogP contribution in [0.2, 0.25) is 10.0 Å². The van der Waals surface area contributed by atoms with Gasteiger partial charge < -0.3 is 15.3 Å². The zero-order valence-corrected chi connectivity index (χ0v) is 24.4. The molecule has 214 valence electrons. The van der Waals surface area contributed by atoms with E-state index in [2.05, 4.69) is 11.4 Å². The first kappa shape index (κ1) is 30.3. The minimum atomic E-state index is -1.71. The van der Waals surface area contributed by atoms with E-state index < -0.39 is 41.0 Å². The predicted molar refractivity (Wildman–Crippen MR) is 154 cm³/mol. The molecule has 0 aromatic heterocycles. The normalized spacial score (nSPS) is 20.5. The first-order valence-electron chi connectivity index (χ1n) is 12.9. The van der Waals surface area contributed by atoms with Gasteiger partial charge in [0, 0.05) is 34.3 Å². The molecule has 41 heavy (non-hydrogen) atoms. The summed E-state index contributed by atoms with van der Waals surface area (Å²) in [6.45, 7) is 7.51. The van der Waals surface area contributed by atoms with Crippen molar-refractivity contribution >= 4 is 40.9 Å². The average molecular weight is 600 g/mol. The Hall–Kier alpha value is -3.67. The number of rotatable bonds is 5. The number of carboxylic acids is 1. The highest BCUT2D eigenvalue weighted by Crippen LogP contribution is 2.56. The highest BCUT2D eigenvalue weighted by atomic mass is 35.5. The maximum Gasteiger partial charge on any atom is 0.335 e. The molecule has 0 spiro atoms. The first-order chi connectivity index (χ1) is 19.2. The quantitative estimate of drug-likeness (QED) is 0.308. The van der Waals surface area contributed by atoms with Crippen LogP contribution in [0.1, 0.15) is 60.3 Å². The fraction of sp³-hybridized carbons (Fsp3) is 0.323. The van der Waals surface area contributed by atoms with Crippen LogP contribution in [-0.4, -0.2) is 28.6 Å². The molecule has 0 aliphatic carbocycles. The van der Waals surface area contributed by atoms with Gasteiger partial charge in [-0.25, -0.2) is 18.4 Å².